The van der Waals surface area contributed by atoms with Crippen molar-refractivity contribution in [1.29, 1.82) is 0 Å². The number of pyridine rings is 2. The van der Waals surface area contributed by atoms with Gasteiger partial charge in [-0.3, -0.25) is 0 Å². The van der Waals surface area contributed by atoms with Gasteiger partial charge in [0.2, 0.25) is 0 Å². The molecule has 8 aromatic carbocycles. The zero-order valence-corrected chi connectivity index (χ0v) is 29.9. The Morgan fingerprint density at radius 2 is 0.727 bits per heavy atom. The van der Waals surface area contributed by atoms with E-state index in [9.17, 15) is 0 Å². The molecular weight excluding hydrogens is 667 g/mol. The molecule has 0 radical (unpaired) electrons. The Labute approximate surface area is 318 Å². The van der Waals surface area contributed by atoms with Crippen LogP contribution in [0.2, 0.25) is 0 Å². The van der Waals surface area contributed by atoms with Crippen molar-refractivity contribution in [3.63, 3.8) is 0 Å². The van der Waals surface area contributed by atoms with E-state index in [4.69, 9.17) is 9.97 Å². The Morgan fingerprint density at radius 1 is 0.273 bits per heavy atom. The highest BCUT2D eigenvalue weighted by atomic mass is 15.0. The van der Waals surface area contributed by atoms with Crippen LogP contribution >= 0.6 is 0 Å². The minimum absolute atomic E-state index is 0.922. The van der Waals surface area contributed by atoms with Crippen LogP contribution in [0.15, 0.2) is 200 Å². The van der Waals surface area contributed by atoms with Gasteiger partial charge in [-0.1, -0.05) is 127 Å². The van der Waals surface area contributed by atoms with Crippen molar-refractivity contribution in [2.75, 3.05) is 0 Å². The van der Waals surface area contributed by atoms with Gasteiger partial charge in [-0.05, 0) is 105 Å². The highest BCUT2D eigenvalue weighted by molar-refractivity contribution is 6.24. The molecule has 55 heavy (non-hydrogen) atoms. The summed E-state index contributed by atoms with van der Waals surface area (Å²) in [5.41, 5.74) is 13.9. The first-order valence-electron chi connectivity index (χ1n) is 18.7. The monoisotopic (exact) mass is 699 g/mol. The molecule has 0 amide bonds. The normalized spacial score (nSPS) is 11.6. The van der Waals surface area contributed by atoms with E-state index in [-0.39, 0.29) is 0 Å². The highest BCUT2D eigenvalue weighted by Crippen LogP contribution is 2.40. The van der Waals surface area contributed by atoms with E-state index in [0.717, 1.165) is 61.8 Å². The summed E-state index contributed by atoms with van der Waals surface area (Å²) in [6.45, 7) is 0. The zero-order chi connectivity index (χ0) is 36.3. The summed E-state index contributed by atoms with van der Waals surface area (Å²) < 4.78 is 2.42. The predicted octanol–water partition coefficient (Wildman–Crippen LogP) is 13.7. The second kappa shape index (κ2) is 12.6. The summed E-state index contributed by atoms with van der Waals surface area (Å²) in [7, 11) is 0. The fourth-order valence-corrected chi connectivity index (χ4v) is 8.27. The summed E-state index contributed by atoms with van der Waals surface area (Å²) in [5, 5.41) is 7.59. The zero-order valence-electron chi connectivity index (χ0n) is 29.9. The molecule has 0 fully saturated rings. The summed E-state index contributed by atoms with van der Waals surface area (Å²) in [5.74, 6) is 0. The van der Waals surface area contributed by atoms with E-state index in [1.54, 1.807) is 0 Å². The van der Waals surface area contributed by atoms with Crippen molar-refractivity contribution in [1.82, 2.24) is 14.5 Å². The number of benzene rings is 8. The van der Waals surface area contributed by atoms with Crippen molar-refractivity contribution in [3.8, 4) is 61.8 Å². The fraction of sp³-hybridized carbons (Fsp3) is 0. The lowest BCUT2D eigenvalue weighted by molar-refractivity contribution is 1.19. The van der Waals surface area contributed by atoms with E-state index in [1.807, 2.05) is 12.1 Å². The molecule has 0 saturated carbocycles. The first-order chi connectivity index (χ1) is 27.2. The third kappa shape index (κ3) is 5.36. The van der Waals surface area contributed by atoms with E-state index in [0.29, 0.717) is 0 Å². The maximum absolute atomic E-state index is 5.16. The van der Waals surface area contributed by atoms with Crippen molar-refractivity contribution >= 4 is 43.4 Å². The van der Waals surface area contributed by atoms with Gasteiger partial charge in [0, 0.05) is 38.7 Å². The number of aromatic nitrogens is 3. The second-order valence-corrected chi connectivity index (χ2v) is 14.2. The Balaban J connectivity index is 1.04. The molecule has 11 aromatic rings. The summed E-state index contributed by atoms with van der Waals surface area (Å²) in [6.07, 6.45) is 0. The first-order valence-corrected chi connectivity index (χ1v) is 18.7. The molecular formula is C52H33N3. The van der Waals surface area contributed by atoms with Crippen molar-refractivity contribution in [2.24, 2.45) is 0 Å². The highest BCUT2D eigenvalue weighted by Gasteiger charge is 2.17. The van der Waals surface area contributed by atoms with Gasteiger partial charge in [0.05, 0.1) is 33.8 Å². The molecule has 11 rings (SSSR count). The van der Waals surface area contributed by atoms with Gasteiger partial charge in [0.15, 0.2) is 0 Å². The van der Waals surface area contributed by atoms with Crippen LogP contribution in [0.1, 0.15) is 0 Å². The van der Waals surface area contributed by atoms with E-state index >= 15 is 0 Å². The predicted molar refractivity (Wildman–Crippen MR) is 230 cm³/mol. The molecule has 256 valence electrons. The lowest BCUT2D eigenvalue weighted by atomic mass is 9.94. The van der Waals surface area contributed by atoms with Crippen molar-refractivity contribution in [2.45, 2.75) is 0 Å². The molecule has 0 aliphatic carbocycles. The van der Waals surface area contributed by atoms with Crippen LogP contribution in [-0.2, 0) is 0 Å². The number of hydrogen-bond donors (Lipinski definition) is 0. The van der Waals surface area contributed by atoms with Gasteiger partial charge in [-0.25, -0.2) is 9.97 Å². The van der Waals surface area contributed by atoms with Crippen LogP contribution in [-0.4, -0.2) is 14.5 Å². The molecule has 0 bridgehead atoms. The molecule has 0 aliphatic rings. The van der Waals surface area contributed by atoms with Gasteiger partial charge in [-0.15, -0.1) is 0 Å². The number of nitrogens with zero attached hydrogens (tertiary/aromatic N) is 3. The fourth-order valence-electron chi connectivity index (χ4n) is 8.27. The maximum atomic E-state index is 5.16. The average Bonchev–Trinajstić information content (AvgIpc) is 3.61. The van der Waals surface area contributed by atoms with Crippen LogP contribution in [0.4, 0.5) is 0 Å². The molecule has 0 aliphatic heterocycles. The third-order valence-corrected chi connectivity index (χ3v) is 10.9. The van der Waals surface area contributed by atoms with Crippen molar-refractivity contribution < 1.29 is 0 Å². The van der Waals surface area contributed by atoms with E-state index in [2.05, 4.69) is 193 Å². The van der Waals surface area contributed by atoms with Crippen LogP contribution in [0, 0.1) is 0 Å². The van der Waals surface area contributed by atoms with E-state index in [1.165, 1.54) is 43.4 Å². The standard InChI is InChI=1S/C52H33N3/c1-3-11-34(12-4-1)45-17-9-19-47(53-45)42-30-41(31-43(32-42)48-20-10-18-46(54-48)35-13-5-2-6-14-35)39-25-26-40-33-44(28-27-38(40)29-39)55-49-21-7-15-36-23-24-37-16-8-22-50(55)52(37)51(36)49/h1-33H. The quantitative estimate of drug-likeness (QED) is 0.162. The number of rotatable bonds is 6. The van der Waals surface area contributed by atoms with Crippen LogP contribution in [0.5, 0.6) is 0 Å². The Hall–Kier alpha value is -7.36. The molecule has 0 N–H and O–H groups in total. The Kier molecular flexibility index (Phi) is 7.17. The SMILES string of the molecule is c1ccc(-c2cccc(-c3cc(-c4ccc5cc(-n6c7cccc8ccc9cccc6c9c87)ccc5c4)cc(-c4cccc(-c5ccccc5)n4)c3)n2)cc1. The number of fused-ring (bicyclic) bond motifs is 1. The molecule has 3 heteroatoms. The smallest absolute Gasteiger partial charge is 0.0709 e. The van der Waals surface area contributed by atoms with Gasteiger partial charge < -0.3 is 4.57 Å². The average molecular weight is 700 g/mol. The Morgan fingerprint density at radius 3 is 1.29 bits per heavy atom. The second-order valence-electron chi connectivity index (χ2n) is 14.2. The minimum atomic E-state index is 0.922. The largest absolute Gasteiger partial charge is 0.309 e. The van der Waals surface area contributed by atoms with E-state index < -0.39 is 0 Å². The van der Waals surface area contributed by atoms with Crippen LogP contribution in [0.25, 0.3) is 105 Å². The molecule has 0 saturated heterocycles. The molecule has 0 unspecified atom stereocenters. The maximum Gasteiger partial charge on any atom is 0.0709 e. The minimum Gasteiger partial charge on any atom is -0.309 e. The van der Waals surface area contributed by atoms with Crippen LogP contribution < -0.4 is 0 Å². The van der Waals surface area contributed by atoms with Gasteiger partial charge in [-0.2, -0.15) is 0 Å². The Bertz CT molecular complexity index is 3030. The van der Waals surface area contributed by atoms with Crippen molar-refractivity contribution in [3.05, 3.63) is 200 Å². The van der Waals surface area contributed by atoms with Crippen LogP contribution in [0.3, 0.4) is 0 Å². The first kappa shape index (κ1) is 31.2. The van der Waals surface area contributed by atoms with Gasteiger partial charge in [0.1, 0.15) is 0 Å². The third-order valence-electron chi connectivity index (χ3n) is 10.9. The molecule has 3 heterocycles. The lowest BCUT2D eigenvalue weighted by Gasteiger charge is -2.13. The summed E-state index contributed by atoms with van der Waals surface area (Å²) in [4.78, 5) is 10.3. The topological polar surface area (TPSA) is 30.7 Å². The lowest BCUT2D eigenvalue weighted by Crippen LogP contribution is -1.94. The van der Waals surface area contributed by atoms with Gasteiger partial charge >= 0.3 is 0 Å². The molecule has 0 spiro atoms. The molecule has 3 aromatic heterocycles. The number of hydrogen-bond acceptors (Lipinski definition) is 2. The summed E-state index contributed by atoms with van der Waals surface area (Å²) >= 11 is 0. The summed E-state index contributed by atoms with van der Waals surface area (Å²) in [6, 6.07) is 71.4. The van der Waals surface area contributed by atoms with Gasteiger partial charge in [0.25, 0.3) is 0 Å². The molecule has 0 atom stereocenters. The molecule has 3 nitrogen and oxygen atoms in total.